The number of nitrogens with zero attached hydrogens (tertiary/aromatic N) is 4. The van der Waals surface area contributed by atoms with E-state index in [9.17, 15) is 44.7 Å². The number of hydrogen-bond donors (Lipinski definition) is 2. The molecule has 0 fully saturated rings. The first-order chi connectivity index (χ1) is 22.1. The summed E-state index contributed by atoms with van der Waals surface area (Å²) in [6.07, 6.45) is 1.43. The number of fused-ring (bicyclic) bond motifs is 1. The SMILES string of the molecule is Cc1ccnc(C(C)C)c1-n1c(=O)nc(NS(=O)(=O)c2c(F)c(F)c(F)c(F)c2OCF)c2cc(F)c(-c3c(O)cccc3F)nc21. The van der Waals surface area contributed by atoms with Crippen molar-refractivity contribution < 1.29 is 49.0 Å². The van der Waals surface area contributed by atoms with Gasteiger partial charge in [-0.15, -0.1) is 0 Å². The standard InChI is InChI=1S/C29H20F7N5O5S/c1-11(2)22-24(12(3)7-8-37-22)41-28-13(9-15(32)23(38-28)17-14(31)5-4-6-16(17)42)27(39-29(41)43)40-47(44,45)26-21(36)19(34)18(33)20(35)25(26)46-10-30/h4-9,11,42H,10H2,1-3H3,(H,39,40,43). The fraction of sp³-hybridized carbons (Fsp3) is 0.172. The molecule has 0 amide bonds. The summed E-state index contributed by atoms with van der Waals surface area (Å²) in [7, 11) is -5.70. The van der Waals surface area contributed by atoms with Crippen LogP contribution in [0, 0.1) is 41.8 Å². The first-order valence-electron chi connectivity index (χ1n) is 13.2. The summed E-state index contributed by atoms with van der Waals surface area (Å²) >= 11 is 0. The molecule has 0 aliphatic carbocycles. The maximum atomic E-state index is 15.7. The molecule has 0 aliphatic rings. The molecule has 0 bridgehead atoms. The van der Waals surface area contributed by atoms with E-state index >= 15 is 4.39 Å². The van der Waals surface area contributed by atoms with E-state index in [4.69, 9.17) is 0 Å². The van der Waals surface area contributed by atoms with Gasteiger partial charge < -0.3 is 9.84 Å². The molecule has 0 unspecified atom stereocenters. The Morgan fingerprint density at radius 3 is 2.30 bits per heavy atom. The molecule has 0 saturated heterocycles. The van der Waals surface area contributed by atoms with E-state index in [0.717, 1.165) is 22.8 Å². The van der Waals surface area contributed by atoms with Crippen LogP contribution in [0.15, 0.2) is 46.2 Å². The third-order valence-electron chi connectivity index (χ3n) is 6.86. The van der Waals surface area contributed by atoms with Crippen LogP contribution in [0.25, 0.3) is 28.0 Å². The number of sulfonamides is 1. The van der Waals surface area contributed by atoms with Crippen LogP contribution in [0.1, 0.15) is 31.0 Å². The molecular formula is C29H20F7N5O5S. The highest BCUT2D eigenvalue weighted by molar-refractivity contribution is 7.92. The number of rotatable bonds is 8. The number of phenols is 1. The molecule has 0 radical (unpaired) electrons. The van der Waals surface area contributed by atoms with Gasteiger partial charge in [0.05, 0.1) is 22.3 Å². The number of pyridine rings is 2. The number of aryl methyl sites for hydroxylation is 1. The van der Waals surface area contributed by atoms with Crippen LogP contribution >= 0.6 is 0 Å². The highest BCUT2D eigenvalue weighted by Crippen LogP contribution is 2.38. The molecule has 2 N–H and O–H groups in total. The number of phenolic OH excluding ortho intramolecular Hbond substituents is 1. The summed E-state index contributed by atoms with van der Waals surface area (Å²) in [5, 5.41) is 9.69. The van der Waals surface area contributed by atoms with E-state index in [0.29, 0.717) is 11.6 Å². The highest BCUT2D eigenvalue weighted by Gasteiger charge is 2.36. The Kier molecular flexibility index (Phi) is 8.57. The molecule has 10 nitrogen and oxygen atoms in total. The zero-order valence-corrected chi connectivity index (χ0v) is 25.0. The lowest BCUT2D eigenvalue weighted by atomic mass is 10.0. The Hall–Kier alpha value is -5.26. The van der Waals surface area contributed by atoms with Crippen molar-refractivity contribution in [2.24, 2.45) is 0 Å². The predicted molar refractivity (Wildman–Crippen MR) is 152 cm³/mol. The van der Waals surface area contributed by atoms with E-state index in [1.807, 2.05) is 0 Å². The van der Waals surface area contributed by atoms with Crippen molar-refractivity contribution in [1.29, 1.82) is 0 Å². The molecule has 0 saturated carbocycles. The van der Waals surface area contributed by atoms with Gasteiger partial charge in [0.2, 0.25) is 18.5 Å². The lowest BCUT2D eigenvalue weighted by Gasteiger charge is -2.20. The number of hydrogen-bond acceptors (Lipinski definition) is 8. The Labute approximate surface area is 260 Å². The van der Waals surface area contributed by atoms with Gasteiger partial charge in [-0.25, -0.2) is 49.1 Å². The molecule has 0 spiro atoms. The highest BCUT2D eigenvalue weighted by atomic mass is 32.2. The van der Waals surface area contributed by atoms with Gasteiger partial charge >= 0.3 is 5.69 Å². The molecule has 5 aromatic rings. The third-order valence-corrected chi connectivity index (χ3v) is 8.22. The second-order valence-electron chi connectivity index (χ2n) is 10.2. The van der Waals surface area contributed by atoms with Crippen LogP contribution in [0.5, 0.6) is 11.5 Å². The number of halogens is 7. The van der Waals surface area contributed by atoms with Crippen LogP contribution in [-0.2, 0) is 10.0 Å². The van der Waals surface area contributed by atoms with E-state index < -0.39 is 102 Å². The maximum absolute atomic E-state index is 15.7. The Bertz CT molecular complexity index is 2250. The fourth-order valence-corrected chi connectivity index (χ4v) is 6.03. The van der Waals surface area contributed by atoms with Crippen molar-refractivity contribution in [3.8, 4) is 28.4 Å². The summed E-state index contributed by atoms with van der Waals surface area (Å²) in [5.74, 6) is -16.6. The van der Waals surface area contributed by atoms with E-state index in [2.05, 4.69) is 19.7 Å². The summed E-state index contributed by atoms with van der Waals surface area (Å²) < 4.78 is 134. The Morgan fingerprint density at radius 2 is 1.66 bits per heavy atom. The van der Waals surface area contributed by atoms with Crippen molar-refractivity contribution in [3.05, 3.63) is 93.2 Å². The number of anilines is 1. The zero-order valence-electron chi connectivity index (χ0n) is 24.2. The average Bonchev–Trinajstić information content (AvgIpc) is 2.99. The van der Waals surface area contributed by atoms with Gasteiger partial charge in [-0.2, -0.15) is 9.37 Å². The molecule has 18 heteroatoms. The first-order valence-corrected chi connectivity index (χ1v) is 14.7. The summed E-state index contributed by atoms with van der Waals surface area (Å²) in [5.41, 5.74) is -2.72. The molecule has 2 aromatic carbocycles. The second-order valence-corrected chi connectivity index (χ2v) is 11.8. The number of aromatic nitrogens is 4. The Balaban J connectivity index is 1.88. The second kappa shape index (κ2) is 12.2. The molecule has 0 atom stereocenters. The minimum Gasteiger partial charge on any atom is -0.507 e. The lowest BCUT2D eigenvalue weighted by Crippen LogP contribution is -2.28. The van der Waals surface area contributed by atoms with Crippen LogP contribution in [0.2, 0.25) is 0 Å². The van der Waals surface area contributed by atoms with E-state index in [-0.39, 0.29) is 17.3 Å². The number of nitrogens with one attached hydrogen (secondary N) is 1. The van der Waals surface area contributed by atoms with Crippen LogP contribution in [0.3, 0.4) is 0 Å². The van der Waals surface area contributed by atoms with Crippen molar-refractivity contribution in [3.63, 3.8) is 0 Å². The topological polar surface area (TPSA) is 136 Å². The van der Waals surface area contributed by atoms with E-state index in [1.165, 1.54) is 12.3 Å². The number of alkyl halides is 1. The predicted octanol–water partition coefficient (Wildman–Crippen LogP) is 5.92. The smallest absolute Gasteiger partial charge is 0.355 e. The first kappa shape index (κ1) is 33.1. The van der Waals surface area contributed by atoms with Crippen LogP contribution in [-0.4, -0.2) is 39.9 Å². The quantitative estimate of drug-likeness (QED) is 0.117. The number of aromatic hydroxyl groups is 1. The fourth-order valence-electron chi connectivity index (χ4n) is 4.80. The molecule has 5 rings (SSSR count). The maximum Gasteiger partial charge on any atom is 0.355 e. The van der Waals surface area contributed by atoms with Crippen molar-refractivity contribution in [2.75, 3.05) is 11.6 Å². The minimum absolute atomic E-state index is 0.0644. The molecule has 47 heavy (non-hydrogen) atoms. The minimum atomic E-state index is -5.70. The summed E-state index contributed by atoms with van der Waals surface area (Å²) in [6.45, 7) is 3.00. The largest absolute Gasteiger partial charge is 0.507 e. The van der Waals surface area contributed by atoms with Gasteiger partial charge in [0.1, 0.15) is 17.3 Å². The monoisotopic (exact) mass is 683 g/mol. The number of benzene rings is 2. The zero-order chi connectivity index (χ0) is 34.5. The van der Waals surface area contributed by atoms with Gasteiger partial charge in [-0.3, -0.25) is 9.71 Å². The van der Waals surface area contributed by atoms with Gasteiger partial charge in [-0.1, -0.05) is 19.9 Å². The van der Waals surface area contributed by atoms with Gasteiger partial charge in [0.25, 0.3) is 10.0 Å². The molecule has 3 aromatic heterocycles. The number of ether oxygens (including phenoxy) is 1. The third kappa shape index (κ3) is 5.57. The molecular weight excluding hydrogens is 663 g/mol. The van der Waals surface area contributed by atoms with Gasteiger partial charge in [0, 0.05) is 6.20 Å². The molecule has 0 aliphatic heterocycles. The summed E-state index contributed by atoms with van der Waals surface area (Å²) in [6, 6.07) is 5.07. The Morgan fingerprint density at radius 1 is 0.979 bits per heavy atom. The normalized spacial score (nSPS) is 11.8. The molecule has 246 valence electrons. The molecule has 3 heterocycles. The van der Waals surface area contributed by atoms with Crippen molar-refractivity contribution in [1.82, 2.24) is 19.5 Å². The average molecular weight is 684 g/mol. The summed E-state index contributed by atoms with van der Waals surface area (Å²) in [4.78, 5) is 23.6. The van der Waals surface area contributed by atoms with Crippen LogP contribution < -0.4 is 15.1 Å². The lowest BCUT2D eigenvalue weighted by molar-refractivity contribution is 0.174. The van der Waals surface area contributed by atoms with Gasteiger partial charge in [-0.05, 0) is 42.7 Å². The van der Waals surface area contributed by atoms with Crippen LogP contribution in [0.4, 0.5) is 36.6 Å². The van der Waals surface area contributed by atoms with Crippen molar-refractivity contribution in [2.45, 2.75) is 31.6 Å². The van der Waals surface area contributed by atoms with Crippen molar-refractivity contribution >= 4 is 26.9 Å². The van der Waals surface area contributed by atoms with Gasteiger partial charge in [0.15, 0.2) is 39.6 Å². The van der Waals surface area contributed by atoms with E-state index in [1.54, 1.807) is 25.5 Å².